The van der Waals surface area contributed by atoms with E-state index in [0.717, 1.165) is 11.4 Å². The lowest BCUT2D eigenvalue weighted by Gasteiger charge is -2.15. The Kier molecular flexibility index (Phi) is 6.37. The number of carbonyl (C=O) groups excluding carboxylic acids is 3. The molecule has 1 aromatic rings. The standard InChI is InChI=1S/C23H25BrN2O6/c1-4-30-17-8-15(16(24)9-18(17)31-11-19(27)32-12(2)3)10-25-26-22(28)20-13-5-6-14(7-13)21(20)23(26)29/h5-6,8-10,12-14,20-21H,4,7,11H2,1-3H3/t13-,14-,20-,21+/m0/s1. The number of hydrogen-bond acceptors (Lipinski definition) is 7. The summed E-state index contributed by atoms with van der Waals surface area (Å²) in [5, 5.41) is 5.21. The largest absolute Gasteiger partial charge is 0.490 e. The number of amides is 2. The van der Waals surface area contributed by atoms with Gasteiger partial charge in [0.25, 0.3) is 11.8 Å². The molecule has 4 rings (SSSR count). The third-order valence-corrected chi connectivity index (χ3v) is 6.52. The van der Waals surface area contributed by atoms with Crippen molar-refractivity contribution >= 4 is 39.9 Å². The van der Waals surface area contributed by atoms with Crippen LogP contribution in [-0.2, 0) is 19.1 Å². The molecule has 1 aliphatic heterocycles. The number of esters is 1. The van der Waals surface area contributed by atoms with E-state index >= 15 is 0 Å². The second kappa shape index (κ2) is 9.05. The van der Waals surface area contributed by atoms with E-state index in [2.05, 4.69) is 21.0 Å². The van der Waals surface area contributed by atoms with Crippen LogP contribution < -0.4 is 9.47 Å². The maximum atomic E-state index is 12.8. The van der Waals surface area contributed by atoms with Crippen molar-refractivity contribution in [2.45, 2.75) is 33.3 Å². The lowest BCUT2D eigenvalue weighted by Crippen LogP contribution is -2.28. The van der Waals surface area contributed by atoms with E-state index in [-0.39, 0.29) is 48.2 Å². The minimum absolute atomic E-state index is 0.136. The quantitative estimate of drug-likeness (QED) is 0.233. The summed E-state index contributed by atoms with van der Waals surface area (Å²) in [7, 11) is 0. The number of ether oxygens (including phenoxy) is 3. The number of nitrogens with zero attached hydrogens (tertiary/aromatic N) is 2. The van der Waals surface area contributed by atoms with Crippen molar-refractivity contribution in [2.75, 3.05) is 13.2 Å². The van der Waals surface area contributed by atoms with Crippen LogP contribution in [-0.4, -0.2) is 48.3 Å². The van der Waals surface area contributed by atoms with E-state index in [1.807, 2.05) is 19.1 Å². The Morgan fingerprint density at radius 1 is 1.16 bits per heavy atom. The van der Waals surface area contributed by atoms with Gasteiger partial charge in [-0.1, -0.05) is 12.2 Å². The second-order valence-electron chi connectivity index (χ2n) is 8.31. The summed E-state index contributed by atoms with van der Waals surface area (Å²) < 4.78 is 16.9. The fourth-order valence-corrected chi connectivity index (χ4v) is 5.01. The highest BCUT2D eigenvalue weighted by molar-refractivity contribution is 9.10. The van der Waals surface area contributed by atoms with Crippen LogP contribution in [0.5, 0.6) is 11.5 Å². The molecule has 1 saturated carbocycles. The summed E-state index contributed by atoms with van der Waals surface area (Å²) >= 11 is 3.46. The number of benzene rings is 1. The van der Waals surface area contributed by atoms with Gasteiger partial charge in [0.1, 0.15) is 0 Å². The molecule has 2 amide bonds. The molecule has 1 saturated heterocycles. The average Bonchev–Trinajstić information content (AvgIpc) is 3.41. The molecule has 0 radical (unpaired) electrons. The van der Waals surface area contributed by atoms with Crippen molar-refractivity contribution in [1.82, 2.24) is 5.01 Å². The first-order valence-electron chi connectivity index (χ1n) is 10.7. The summed E-state index contributed by atoms with van der Waals surface area (Å²) in [5.74, 6) is -0.500. The predicted octanol–water partition coefficient (Wildman–Crippen LogP) is 3.32. The van der Waals surface area contributed by atoms with Crippen molar-refractivity contribution in [3.63, 3.8) is 0 Å². The third kappa shape index (κ3) is 4.18. The van der Waals surface area contributed by atoms with Crippen LogP contribution in [0.3, 0.4) is 0 Å². The molecule has 32 heavy (non-hydrogen) atoms. The number of hydrogen-bond donors (Lipinski definition) is 0. The van der Waals surface area contributed by atoms with Crippen LogP contribution in [0.4, 0.5) is 0 Å². The van der Waals surface area contributed by atoms with Gasteiger partial charge < -0.3 is 14.2 Å². The van der Waals surface area contributed by atoms with Gasteiger partial charge in [0, 0.05) is 10.0 Å². The van der Waals surface area contributed by atoms with Crippen molar-refractivity contribution in [3.05, 3.63) is 34.3 Å². The SMILES string of the molecule is CCOc1cc(C=NN2C(=O)[C@@H]3[C@H](C2=O)[C@H]2C=C[C@H]3C2)c(Br)cc1OCC(=O)OC(C)C. The third-order valence-electron chi connectivity index (χ3n) is 5.83. The first-order chi connectivity index (χ1) is 15.3. The number of rotatable bonds is 8. The number of carbonyl (C=O) groups is 3. The van der Waals surface area contributed by atoms with Gasteiger partial charge >= 0.3 is 5.97 Å². The number of imide groups is 1. The fourth-order valence-electron chi connectivity index (χ4n) is 4.58. The van der Waals surface area contributed by atoms with Gasteiger partial charge in [-0.15, -0.1) is 0 Å². The molecule has 1 aromatic carbocycles. The Hall–Kier alpha value is -2.68. The van der Waals surface area contributed by atoms with E-state index in [9.17, 15) is 14.4 Å². The molecule has 9 heteroatoms. The van der Waals surface area contributed by atoms with Crippen molar-refractivity contribution in [2.24, 2.45) is 28.8 Å². The van der Waals surface area contributed by atoms with E-state index in [1.165, 1.54) is 6.21 Å². The van der Waals surface area contributed by atoms with Crippen molar-refractivity contribution in [1.29, 1.82) is 0 Å². The molecule has 170 valence electrons. The highest BCUT2D eigenvalue weighted by Gasteiger charge is 2.59. The summed E-state index contributed by atoms with van der Waals surface area (Å²) in [4.78, 5) is 37.4. The smallest absolute Gasteiger partial charge is 0.344 e. The number of fused-ring (bicyclic) bond motifs is 5. The average molecular weight is 505 g/mol. The topological polar surface area (TPSA) is 94.5 Å². The lowest BCUT2D eigenvalue weighted by molar-refractivity contribution is -0.149. The Bertz CT molecular complexity index is 974. The zero-order chi connectivity index (χ0) is 23.0. The lowest BCUT2D eigenvalue weighted by atomic mass is 9.85. The van der Waals surface area contributed by atoms with Gasteiger partial charge in [-0.3, -0.25) is 9.59 Å². The zero-order valence-electron chi connectivity index (χ0n) is 18.1. The molecule has 0 unspecified atom stereocenters. The van der Waals surface area contributed by atoms with Gasteiger partial charge in [-0.2, -0.15) is 10.1 Å². The van der Waals surface area contributed by atoms with Crippen LogP contribution in [0.2, 0.25) is 0 Å². The maximum Gasteiger partial charge on any atom is 0.344 e. The monoisotopic (exact) mass is 504 g/mol. The molecule has 4 atom stereocenters. The van der Waals surface area contributed by atoms with Crippen LogP contribution >= 0.6 is 15.9 Å². The fraction of sp³-hybridized carbons (Fsp3) is 0.478. The number of hydrazone groups is 1. The second-order valence-corrected chi connectivity index (χ2v) is 9.17. The Morgan fingerprint density at radius 3 is 2.38 bits per heavy atom. The molecule has 0 N–H and O–H groups in total. The van der Waals surface area contributed by atoms with Crippen molar-refractivity contribution in [3.8, 4) is 11.5 Å². The van der Waals surface area contributed by atoms with Gasteiger partial charge in [0.15, 0.2) is 18.1 Å². The summed E-state index contributed by atoms with van der Waals surface area (Å²) in [5.41, 5.74) is 0.601. The summed E-state index contributed by atoms with van der Waals surface area (Å²) in [6.45, 7) is 5.48. The minimum atomic E-state index is -0.482. The highest BCUT2D eigenvalue weighted by atomic mass is 79.9. The van der Waals surface area contributed by atoms with Crippen LogP contribution in [0.25, 0.3) is 0 Å². The summed E-state index contributed by atoms with van der Waals surface area (Å²) in [6, 6.07) is 3.33. The highest BCUT2D eigenvalue weighted by Crippen LogP contribution is 2.52. The molecular formula is C23H25BrN2O6. The Labute approximate surface area is 194 Å². The molecule has 1 heterocycles. The first-order valence-corrected chi connectivity index (χ1v) is 11.5. The van der Waals surface area contributed by atoms with Crippen LogP contribution in [0.1, 0.15) is 32.8 Å². The maximum absolute atomic E-state index is 12.8. The molecule has 2 fully saturated rings. The molecule has 3 aliphatic rings. The van der Waals surface area contributed by atoms with Gasteiger partial charge in [0.2, 0.25) is 0 Å². The molecule has 0 spiro atoms. The van der Waals surface area contributed by atoms with Gasteiger partial charge in [-0.25, -0.2) is 4.79 Å². The molecular weight excluding hydrogens is 480 g/mol. The van der Waals surface area contributed by atoms with E-state index < -0.39 is 5.97 Å². The van der Waals surface area contributed by atoms with E-state index in [0.29, 0.717) is 28.1 Å². The molecule has 2 aliphatic carbocycles. The van der Waals surface area contributed by atoms with E-state index in [1.54, 1.807) is 26.0 Å². The van der Waals surface area contributed by atoms with E-state index in [4.69, 9.17) is 14.2 Å². The van der Waals surface area contributed by atoms with Gasteiger partial charge in [-0.05, 0) is 67.1 Å². The molecule has 8 nitrogen and oxygen atoms in total. The Balaban J connectivity index is 1.51. The first kappa shape index (κ1) is 22.5. The minimum Gasteiger partial charge on any atom is -0.490 e. The Morgan fingerprint density at radius 2 is 1.78 bits per heavy atom. The predicted molar refractivity (Wildman–Crippen MR) is 119 cm³/mol. The van der Waals surface area contributed by atoms with Crippen LogP contribution in [0.15, 0.2) is 33.9 Å². The molecule has 0 aromatic heterocycles. The van der Waals surface area contributed by atoms with Crippen LogP contribution in [0, 0.1) is 23.7 Å². The normalized spacial score (nSPS) is 25.8. The summed E-state index contributed by atoms with van der Waals surface area (Å²) in [6.07, 6.45) is 6.19. The number of halogens is 1. The molecule has 2 bridgehead atoms. The van der Waals surface area contributed by atoms with Crippen molar-refractivity contribution < 1.29 is 28.6 Å². The zero-order valence-corrected chi connectivity index (χ0v) is 19.7. The number of allylic oxidation sites excluding steroid dienone is 2. The van der Waals surface area contributed by atoms with Gasteiger partial charge in [0.05, 0.1) is 30.8 Å².